The zero-order chi connectivity index (χ0) is 22.2. The van der Waals surface area contributed by atoms with Gasteiger partial charge in [0, 0.05) is 25.6 Å². The van der Waals surface area contributed by atoms with Crippen molar-refractivity contribution < 1.29 is 14.3 Å². The lowest BCUT2D eigenvalue weighted by atomic mass is 10.2. The van der Waals surface area contributed by atoms with E-state index in [0.29, 0.717) is 28.8 Å². The van der Waals surface area contributed by atoms with Crippen molar-refractivity contribution in [2.45, 2.75) is 24.9 Å². The topological polar surface area (TPSA) is 98.1 Å². The lowest BCUT2D eigenvalue weighted by Gasteiger charge is -2.09. The van der Waals surface area contributed by atoms with Crippen LogP contribution in [0.4, 0.5) is 11.4 Å². The minimum Gasteiger partial charge on any atom is -0.495 e. The fraction of sp³-hybridized carbons (Fsp3) is 0.273. The number of thioether (sulfide) groups is 1. The Morgan fingerprint density at radius 2 is 1.77 bits per heavy atom. The number of amides is 2. The van der Waals surface area contributed by atoms with Crippen LogP contribution in [-0.2, 0) is 23.1 Å². The predicted molar refractivity (Wildman–Crippen MR) is 121 cm³/mol. The molecule has 8 nitrogen and oxygen atoms in total. The summed E-state index contributed by atoms with van der Waals surface area (Å²) < 4.78 is 7.05. The quantitative estimate of drug-likeness (QED) is 0.496. The molecule has 9 heteroatoms. The standard InChI is InChI=1S/C22H25N5O3S/c1-15-8-10-16(11-9-15)23-21(29)14-31-22-26-25-19(27(22)2)12-13-20(28)24-17-6-4-5-7-18(17)30-3/h4-11H,12-14H2,1-3H3,(H,23,29)(H,24,28). The summed E-state index contributed by atoms with van der Waals surface area (Å²) in [6.45, 7) is 2.00. The van der Waals surface area contributed by atoms with Crippen LogP contribution < -0.4 is 15.4 Å². The fourth-order valence-corrected chi connectivity index (χ4v) is 3.57. The van der Waals surface area contributed by atoms with E-state index >= 15 is 0 Å². The third kappa shape index (κ3) is 6.32. The van der Waals surface area contributed by atoms with Crippen molar-refractivity contribution in [3.63, 3.8) is 0 Å². The number of rotatable bonds is 9. The van der Waals surface area contributed by atoms with Crippen LogP contribution in [0.5, 0.6) is 5.75 Å². The Hall–Kier alpha value is -3.33. The summed E-state index contributed by atoms with van der Waals surface area (Å²) in [6, 6.07) is 14.9. The van der Waals surface area contributed by atoms with Gasteiger partial charge in [-0.2, -0.15) is 0 Å². The van der Waals surface area contributed by atoms with Crippen LogP contribution in [0.3, 0.4) is 0 Å². The second-order valence-electron chi connectivity index (χ2n) is 6.91. The molecular weight excluding hydrogens is 414 g/mol. The third-order valence-corrected chi connectivity index (χ3v) is 5.57. The molecule has 0 fully saturated rings. The molecule has 2 aromatic carbocycles. The number of anilines is 2. The highest BCUT2D eigenvalue weighted by molar-refractivity contribution is 7.99. The fourth-order valence-electron chi connectivity index (χ4n) is 2.84. The van der Waals surface area contributed by atoms with Gasteiger partial charge in [0.25, 0.3) is 0 Å². The molecule has 0 saturated carbocycles. The van der Waals surface area contributed by atoms with Crippen molar-refractivity contribution in [3.05, 3.63) is 59.9 Å². The zero-order valence-corrected chi connectivity index (χ0v) is 18.5. The van der Waals surface area contributed by atoms with Gasteiger partial charge in [-0.15, -0.1) is 10.2 Å². The second-order valence-corrected chi connectivity index (χ2v) is 7.85. The van der Waals surface area contributed by atoms with E-state index in [0.717, 1.165) is 11.3 Å². The summed E-state index contributed by atoms with van der Waals surface area (Å²) in [6.07, 6.45) is 0.684. The molecule has 1 aromatic heterocycles. The molecular formula is C22H25N5O3S. The molecule has 1 heterocycles. The van der Waals surface area contributed by atoms with Crippen molar-refractivity contribution in [3.8, 4) is 5.75 Å². The molecule has 3 rings (SSSR count). The van der Waals surface area contributed by atoms with Crippen molar-refractivity contribution in [1.82, 2.24) is 14.8 Å². The number of para-hydroxylation sites is 2. The number of nitrogens with one attached hydrogen (secondary N) is 2. The van der Waals surface area contributed by atoms with E-state index in [1.807, 2.05) is 50.4 Å². The van der Waals surface area contributed by atoms with Crippen LogP contribution in [-0.4, -0.2) is 39.4 Å². The van der Waals surface area contributed by atoms with Gasteiger partial charge in [-0.3, -0.25) is 9.59 Å². The predicted octanol–water partition coefficient (Wildman–Crippen LogP) is 3.43. The van der Waals surface area contributed by atoms with Gasteiger partial charge in [-0.1, -0.05) is 41.6 Å². The van der Waals surface area contributed by atoms with Gasteiger partial charge < -0.3 is 19.9 Å². The van der Waals surface area contributed by atoms with Crippen LogP contribution in [0.15, 0.2) is 53.7 Å². The lowest BCUT2D eigenvalue weighted by molar-refractivity contribution is -0.116. The molecule has 2 amide bonds. The Labute approximate surface area is 185 Å². The molecule has 0 saturated heterocycles. The summed E-state index contributed by atoms with van der Waals surface area (Å²) in [5, 5.41) is 14.6. The molecule has 0 unspecified atom stereocenters. The van der Waals surface area contributed by atoms with Gasteiger partial charge in [-0.05, 0) is 31.2 Å². The lowest BCUT2D eigenvalue weighted by Crippen LogP contribution is -2.15. The molecule has 0 bridgehead atoms. The summed E-state index contributed by atoms with van der Waals surface area (Å²) in [5.74, 6) is 1.25. The van der Waals surface area contributed by atoms with Crippen molar-refractivity contribution in [2.75, 3.05) is 23.5 Å². The highest BCUT2D eigenvalue weighted by Crippen LogP contribution is 2.23. The number of aromatic nitrogens is 3. The van der Waals surface area contributed by atoms with E-state index in [1.165, 1.54) is 11.8 Å². The SMILES string of the molecule is COc1ccccc1NC(=O)CCc1nnc(SCC(=O)Nc2ccc(C)cc2)n1C. The number of benzene rings is 2. The van der Waals surface area contributed by atoms with Gasteiger partial charge in [0.1, 0.15) is 11.6 Å². The summed E-state index contributed by atoms with van der Waals surface area (Å²) >= 11 is 1.30. The molecule has 2 N–H and O–H groups in total. The van der Waals surface area contributed by atoms with E-state index in [2.05, 4.69) is 20.8 Å². The van der Waals surface area contributed by atoms with Crippen LogP contribution >= 0.6 is 11.8 Å². The van der Waals surface area contributed by atoms with Gasteiger partial charge >= 0.3 is 0 Å². The Balaban J connectivity index is 1.48. The highest BCUT2D eigenvalue weighted by atomic mass is 32.2. The molecule has 162 valence electrons. The Kier molecular flexibility index (Phi) is 7.66. The Morgan fingerprint density at radius 3 is 2.52 bits per heavy atom. The average Bonchev–Trinajstić information content (AvgIpc) is 3.12. The number of ether oxygens (including phenoxy) is 1. The first-order valence-electron chi connectivity index (χ1n) is 9.76. The minimum atomic E-state index is -0.140. The van der Waals surface area contributed by atoms with E-state index < -0.39 is 0 Å². The monoisotopic (exact) mass is 439 g/mol. The Morgan fingerprint density at radius 1 is 1.03 bits per heavy atom. The van der Waals surface area contributed by atoms with Crippen molar-refractivity contribution >= 4 is 35.0 Å². The normalized spacial score (nSPS) is 10.5. The van der Waals surface area contributed by atoms with Gasteiger partial charge in [-0.25, -0.2) is 0 Å². The summed E-state index contributed by atoms with van der Waals surface area (Å²) in [5.41, 5.74) is 2.52. The number of carbonyl (C=O) groups is 2. The maximum absolute atomic E-state index is 12.3. The molecule has 0 radical (unpaired) electrons. The summed E-state index contributed by atoms with van der Waals surface area (Å²) in [7, 11) is 3.39. The zero-order valence-electron chi connectivity index (χ0n) is 17.7. The van der Waals surface area contributed by atoms with Gasteiger partial charge in [0.05, 0.1) is 18.6 Å². The molecule has 3 aromatic rings. The largest absolute Gasteiger partial charge is 0.495 e. The van der Waals surface area contributed by atoms with Crippen LogP contribution in [0.2, 0.25) is 0 Å². The average molecular weight is 440 g/mol. The number of nitrogens with zero attached hydrogens (tertiary/aromatic N) is 3. The van der Waals surface area contributed by atoms with E-state index in [4.69, 9.17) is 4.74 Å². The molecule has 0 spiro atoms. The van der Waals surface area contributed by atoms with Crippen LogP contribution in [0, 0.1) is 6.92 Å². The van der Waals surface area contributed by atoms with E-state index in [1.54, 1.807) is 23.8 Å². The van der Waals surface area contributed by atoms with Crippen LogP contribution in [0.1, 0.15) is 17.8 Å². The van der Waals surface area contributed by atoms with E-state index in [9.17, 15) is 9.59 Å². The first-order chi connectivity index (χ1) is 15.0. The van der Waals surface area contributed by atoms with Crippen molar-refractivity contribution in [2.24, 2.45) is 7.05 Å². The Bertz CT molecular complexity index is 1050. The first kappa shape index (κ1) is 22.4. The molecule has 0 atom stereocenters. The molecule has 0 aliphatic rings. The van der Waals surface area contributed by atoms with Gasteiger partial charge in [0.15, 0.2) is 5.16 Å². The van der Waals surface area contributed by atoms with Gasteiger partial charge in [0.2, 0.25) is 11.8 Å². The number of aryl methyl sites for hydroxylation is 2. The number of methoxy groups -OCH3 is 1. The maximum atomic E-state index is 12.3. The summed E-state index contributed by atoms with van der Waals surface area (Å²) in [4.78, 5) is 24.5. The van der Waals surface area contributed by atoms with E-state index in [-0.39, 0.29) is 24.0 Å². The first-order valence-corrected chi connectivity index (χ1v) is 10.8. The second kappa shape index (κ2) is 10.6. The number of hydrogen-bond donors (Lipinski definition) is 2. The third-order valence-electron chi connectivity index (χ3n) is 4.55. The highest BCUT2D eigenvalue weighted by Gasteiger charge is 2.14. The van der Waals surface area contributed by atoms with Crippen LogP contribution in [0.25, 0.3) is 0 Å². The minimum absolute atomic E-state index is 0.116. The number of hydrogen-bond acceptors (Lipinski definition) is 6. The maximum Gasteiger partial charge on any atom is 0.234 e. The molecule has 0 aliphatic carbocycles. The number of carbonyl (C=O) groups excluding carboxylic acids is 2. The molecule has 31 heavy (non-hydrogen) atoms. The molecule has 0 aliphatic heterocycles. The van der Waals surface area contributed by atoms with Crippen molar-refractivity contribution in [1.29, 1.82) is 0 Å². The smallest absolute Gasteiger partial charge is 0.234 e.